The maximum Gasteiger partial charge on any atom is 0.472 e. The number of aliphatic hydroxyl groups is 1. The van der Waals surface area contributed by atoms with Crippen LogP contribution in [0.25, 0.3) is 0 Å². The van der Waals surface area contributed by atoms with E-state index in [1.807, 2.05) is 0 Å². The minimum Gasteiger partial charge on any atom is -0.480 e. The van der Waals surface area contributed by atoms with Crippen molar-refractivity contribution < 1.29 is 47.8 Å². The number of allylic oxidation sites excluding steroid dienone is 8. The van der Waals surface area contributed by atoms with E-state index in [9.17, 15) is 34.1 Å². The van der Waals surface area contributed by atoms with E-state index in [1.165, 1.54) is 83.5 Å². The number of ether oxygens (including phenoxy) is 1. The Hall–Kier alpha value is -2.56. The summed E-state index contributed by atoms with van der Waals surface area (Å²) in [4.78, 5) is 45.9. The van der Waals surface area contributed by atoms with E-state index >= 15 is 0 Å². The summed E-state index contributed by atoms with van der Waals surface area (Å²) in [5.74, 6) is -2.39. The minimum absolute atomic E-state index is 0.141. The standard InChI is InChI=1S/C46H82NO10P/c1-3-5-7-9-11-13-15-17-19-20-21-22-24-25-27-29-31-33-35-37-44(49)47-43(46(51)52)41-57-58(53,54)56-40-42(48)39-55-45(50)38-36-34-32-30-28-26-23-18-16-14-12-10-8-6-4-2/h6,8,12,14,17-19,23,42-43,48H,3-5,7,9-11,13,15-16,20-22,24-41H2,1-2H3,(H,47,49)(H,51,52)(H,53,54)/b8-6-,14-12-,19-17+,23-18-. The van der Waals surface area contributed by atoms with Crippen LogP contribution >= 0.6 is 7.82 Å². The molecule has 1 amide bonds. The third kappa shape index (κ3) is 40.2. The maximum absolute atomic E-state index is 12.3. The number of phosphoric acid groups is 1. The number of nitrogens with one attached hydrogen (secondary N) is 1. The molecule has 0 heterocycles. The van der Waals surface area contributed by atoms with Crippen LogP contribution in [0.15, 0.2) is 48.6 Å². The van der Waals surface area contributed by atoms with Gasteiger partial charge in [-0.1, -0.05) is 159 Å². The number of carboxylic acids is 1. The molecule has 4 N–H and O–H groups in total. The molecule has 12 heteroatoms. The number of carbonyl (C=O) groups excluding carboxylic acids is 2. The van der Waals surface area contributed by atoms with Crippen molar-refractivity contribution in [1.82, 2.24) is 5.32 Å². The number of rotatable bonds is 42. The largest absolute Gasteiger partial charge is 0.480 e. The molecular formula is C46H82NO10P. The Bertz CT molecular complexity index is 1170. The van der Waals surface area contributed by atoms with Crippen LogP contribution in [-0.4, -0.2) is 64.9 Å². The highest BCUT2D eigenvalue weighted by molar-refractivity contribution is 7.47. The van der Waals surface area contributed by atoms with Gasteiger partial charge in [0.2, 0.25) is 5.91 Å². The highest BCUT2D eigenvalue weighted by Crippen LogP contribution is 2.43. The first-order valence-corrected chi connectivity index (χ1v) is 24.2. The van der Waals surface area contributed by atoms with Gasteiger partial charge in [-0.05, 0) is 70.6 Å². The summed E-state index contributed by atoms with van der Waals surface area (Å²) in [5, 5.41) is 21.8. The van der Waals surface area contributed by atoms with Gasteiger partial charge in [-0.25, -0.2) is 9.36 Å². The summed E-state index contributed by atoms with van der Waals surface area (Å²) >= 11 is 0. The Morgan fingerprint density at radius 1 is 0.569 bits per heavy atom. The molecule has 11 nitrogen and oxygen atoms in total. The summed E-state index contributed by atoms with van der Waals surface area (Å²) < 4.78 is 26.8. The second-order valence-electron chi connectivity index (χ2n) is 15.2. The van der Waals surface area contributed by atoms with Crippen molar-refractivity contribution in [3.05, 3.63) is 48.6 Å². The van der Waals surface area contributed by atoms with Crippen LogP contribution in [0.4, 0.5) is 0 Å². The Morgan fingerprint density at radius 3 is 1.52 bits per heavy atom. The molecule has 0 fully saturated rings. The molecule has 3 atom stereocenters. The van der Waals surface area contributed by atoms with Gasteiger partial charge >= 0.3 is 19.8 Å². The molecular weight excluding hydrogens is 757 g/mol. The molecule has 58 heavy (non-hydrogen) atoms. The molecule has 0 aromatic carbocycles. The van der Waals surface area contributed by atoms with Crippen molar-refractivity contribution in [1.29, 1.82) is 0 Å². The molecule has 0 aromatic heterocycles. The minimum atomic E-state index is -4.76. The van der Waals surface area contributed by atoms with Gasteiger partial charge in [-0.15, -0.1) is 0 Å². The fourth-order valence-corrected chi connectivity index (χ4v) is 6.86. The highest BCUT2D eigenvalue weighted by Gasteiger charge is 2.28. The molecule has 0 aromatic rings. The Morgan fingerprint density at radius 2 is 1.00 bits per heavy atom. The van der Waals surface area contributed by atoms with Crippen molar-refractivity contribution >= 4 is 25.7 Å². The summed E-state index contributed by atoms with van der Waals surface area (Å²) in [5.41, 5.74) is 0. The van der Waals surface area contributed by atoms with Crippen LogP contribution in [0.1, 0.15) is 194 Å². The third-order valence-corrected chi connectivity index (χ3v) is 10.6. The predicted molar refractivity (Wildman–Crippen MR) is 235 cm³/mol. The molecule has 3 unspecified atom stereocenters. The molecule has 0 saturated carbocycles. The second-order valence-corrected chi connectivity index (χ2v) is 16.7. The van der Waals surface area contributed by atoms with Crippen molar-refractivity contribution in [2.75, 3.05) is 19.8 Å². The SMILES string of the molecule is CC/C=C\C/C=C\C/C=C\CCCCCCCC(=O)OCC(O)COP(=O)(O)OCC(NC(=O)CCCCCCCCCCC/C=C/CCCCCCCC)C(=O)O. The third-order valence-electron chi connectivity index (χ3n) is 9.60. The zero-order valence-electron chi connectivity index (χ0n) is 36.3. The van der Waals surface area contributed by atoms with Crippen LogP contribution in [0.3, 0.4) is 0 Å². The Balaban J connectivity index is 3.90. The number of esters is 1. The lowest BCUT2D eigenvalue weighted by Crippen LogP contribution is -2.43. The van der Waals surface area contributed by atoms with Gasteiger partial charge < -0.3 is 25.2 Å². The molecule has 0 saturated heterocycles. The maximum atomic E-state index is 12.3. The fourth-order valence-electron chi connectivity index (χ4n) is 6.09. The number of hydrogen-bond acceptors (Lipinski definition) is 8. The molecule has 0 radical (unpaired) electrons. The number of carbonyl (C=O) groups is 3. The number of hydrogen-bond donors (Lipinski definition) is 4. The molecule has 0 aliphatic rings. The van der Waals surface area contributed by atoms with Gasteiger partial charge in [-0.3, -0.25) is 18.6 Å². The van der Waals surface area contributed by atoms with E-state index < -0.39 is 57.6 Å². The zero-order chi connectivity index (χ0) is 42.8. The second kappa shape index (κ2) is 41.2. The van der Waals surface area contributed by atoms with Gasteiger partial charge in [0.15, 0.2) is 6.04 Å². The average Bonchev–Trinajstić information content (AvgIpc) is 3.20. The predicted octanol–water partition coefficient (Wildman–Crippen LogP) is 11.8. The first-order valence-electron chi connectivity index (χ1n) is 22.7. The number of unbranched alkanes of at least 4 members (excludes halogenated alkanes) is 20. The first kappa shape index (κ1) is 55.4. The lowest BCUT2D eigenvalue weighted by molar-refractivity contribution is -0.147. The summed E-state index contributed by atoms with van der Waals surface area (Å²) in [6.07, 6.45) is 45.6. The lowest BCUT2D eigenvalue weighted by Gasteiger charge is -2.18. The monoisotopic (exact) mass is 840 g/mol. The van der Waals surface area contributed by atoms with Crippen molar-refractivity contribution in [3.8, 4) is 0 Å². The molecule has 0 aliphatic carbocycles. The first-order chi connectivity index (χ1) is 28.1. The topological polar surface area (TPSA) is 169 Å². The summed E-state index contributed by atoms with van der Waals surface area (Å²) in [6, 6.07) is -1.55. The normalized spacial score (nSPS) is 14.1. The number of carboxylic acid groups (broad SMARTS) is 1. The van der Waals surface area contributed by atoms with E-state index in [0.717, 1.165) is 70.6 Å². The Labute approximate surface area is 352 Å². The van der Waals surface area contributed by atoms with Crippen LogP contribution in [0.2, 0.25) is 0 Å². The van der Waals surface area contributed by atoms with E-state index in [2.05, 4.69) is 67.8 Å². The van der Waals surface area contributed by atoms with E-state index in [-0.39, 0.29) is 12.8 Å². The molecule has 0 bridgehead atoms. The van der Waals surface area contributed by atoms with Crippen LogP contribution < -0.4 is 5.32 Å². The van der Waals surface area contributed by atoms with Crippen LogP contribution in [-0.2, 0) is 32.7 Å². The number of phosphoric ester groups is 1. The van der Waals surface area contributed by atoms with E-state index in [1.54, 1.807) is 0 Å². The van der Waals surface area contributed by atoms with Crippen LogP contribution in [0.5, 0.6) is 0 Å². The number of aliphatic hydroxyl groups excluding tert-OH is 1. The lowest BCUT2D eigenvalue weighted by atomic mass is 10.1. The van der Waals surface area contributed by atoms with Crippen molar-refractivity contribution in [2.45, 2.75) is 206 Å². The molecule has 0 aliphatic heterocycles. The average molecular weight is 840 g/mol. The molecule has 0 spiro atoms. The van der Waals surface area contributed by atoms with Crippen molar-refractivity contribution in [3.63, 3.8) is 0 Å². The van der Waals surface area contributed by atoms with Gasteiger partial charge in [0, 0.05) is 12.8 Å². The van der Waals surface area contributed by atoms with E-state index in [0.29, 0.717) is 12.8 Å². The van der Waals surface area contributed by atoms with Gasteiger partial charge in [0.05, 0.1) is 13.2 Å². The van der Waals surface area contributed by atoms with Crippen molar-refractivity contribution in [2.24, 2.45) is 0 Å². The highest BCUT2D eigenvalue weighted by atomic mass is 31.2. The summed E-state index contributed by atoms with van der Waals surface area (Å²) in [6.45, 7) is 2.46. The van der Waals surface area contributed by atoms with Gasteiger partial charge in [0.1, 0.15) is 12.7 Å². The van der Waals surface area contributed by atoms with Crippen LogP contribution in [0, 0.1) is 0 Å². The molecule has 0 rings (SSSR count). The van der Waals surface area contributed by atoms with Gasteiger partial charge in [0.25, 0.3) is 0 Å². The quantitative estimate of drug-likeness (QED) is 0.0201. The fraction of sp³-hybridized carbons (Fsp3) is 0.761. The van der Waals surface area contributed by atoms with Gasteiger partial charge in [-0.2, -0.15) is 0 Å². The Kier molecular flexibility index (Phi) is 39.4. The number of amides is 1. The zero-order valence-corrected chi connectivity index (χ0v) is 37.2. The van der Waals surface area contributed by atoms with E-state index in [4.69, 9.17) is 13.8 Å². The smallest absolute Gasteiger partial charge is 0.472 e. The molecule has 336 valence electrons. The number of aliphatic carboxylic acids is 1. The summed E-state index contributed by atoms with van der Waals surface area (Å²) in [7, 11) is -4.76.